The van der Waals surface area contributed by atoms with Crippen molar-refractivity contribution < 1.29 is 8.83 Å². The van der Waals surface area contributed by atoms with Crippen molar-refractivity contribution in [1.29, 1.82) is 0 Å². The Morgan fingerprint density at radius 1 is 0.250 bits per heavy atom. The second-order valence-electron chi connectivity index (χ2n) is 15.2. The van der Waals surface area contributed by atoms with Crippen LogP contribution in [0.15, 0.2) is 215 Å². The number of rotatable bonds is 6. The van der Waals surface area contributed by atoms with Crippen molar-refractivity contribution in [2.75, 3.05) is 0 Å². The molecule has 12 aromatic rings. The molecule has 0 N–H and O–H groups in total. The summed E-state index contributed by atoms with van der Waals surface area (Å²) >= 11 is 0. The van der Waals surface area contributed by atoms with Gasteiger partial charge in [0.15, 0.2) is 11.2 Å². The lowest BCUT2D eigenvalue weighted by Crippen LogP contribution is -1.97. The van der Waals surface area contributed by atoms with Gasteiger partial charge >= 0.3 is 0 Å². The van der Waals surface area contributed by atoms with Crippen molar-refractivity contribution in [3.05, 3.63) is 206 Å². The normalized spacial score (nSPS) is 11.7. The molecule has 0 saturated heterocycles. The summed E-state index contributed by atoms with van der Waals surface area (Å²) in [6.07, 6.45) is 0. The van der Waals surface area contributed by atoms with E-state index < -0.39 is 0 Å². The van der Waals surface area contributed by atoms with Gasteiger partial charge in [-0.05, 0) is 125 Å². The van der Waals surface area contributed by atoms with Crippen molar-refractivity contribution >= 4 is 54.5 Å². The van der Waals surface area contributed by atoms with Gasteiger partial charge < -0.3 is 8.83 Å². The summed E-state index contributed by atoms with van der Waals surface area (Å²) in [5.41, 5.74) is 14.4. The lowest BCUT2D eigenvalue weighted by atomic mass is 9.77. The van der Waals surface area contributed by atoms with Crippen LogP contribution in [0.25, 0.3) is 122 Å². The van der Waals surface area contributed by atoms with Gasteiger partial charge in [-0.25, -0.2) is 9.97 Å². The Labute approximate surface area is 345 Å². The van der Waals surface area contributed by atoms with Crippen molar-refractivity contribution in [2.45, 2.75) is 0 Å². The molecule has 0 fully saturated rings. The second-order valence-corrected chi connectivity index (χ2v) is 15.2. The molecule has 12 rings (SSSR count). The average molecular weight is 767 g/mol. The number of hydrogen-bond donors (Lipinski definition) is 0. The van der Waals surface area contributed by atoms with E-state index in [4.69, 9.17) is 18.8 Å². The number of fused-ring (bicyclic) bond motifs is 5. The number of benzene rings is 10. The smallest absolute Gasteiger partial charge is 0.227 e. The number of aromatic nitrogens is 2. The minimum absolute atomic E-state index is 0.608. The molecule has 280 valence electrons. The first kappa shape index (κ1) is 34.0. The summed E-state index contributed by atoms with van der Waals surface area (Å²) in [6.45, 7) is 0. The number of nitrogens with zero attached hydrogens (tertiary/aromatic N) is 2. The van der Waals surface area contributed by atoms with Crippen LogP contribution in [0.5, 0.6) is 0 Å². The average Bonchev–Trinajstić information content (AvgIpc) is 3.96. The molecule has 0 aliphatic carbocycles. The third-order valence-corrected chi connectivity index (χ3v) is 11.7. The van der Waals surface area contributed by atoms with Gasteiger partial charge in [-0.3, -0.25) is 0 Å². The Balaban J connectivity index is 1.21. The third kappa shape index (κ3) is 5.46. The molecule has 4 nitrogen and oxygen atoms in total. The van der Waals surface area contributed by atoms with Gasteiger partial charge in [-0.15, -0.1) is 0 Å². The molecule has 0 unspecified atom stereocenters. The van der Waals surface area contributed by atoms with Crippen molar-refractivity contribution in [1.82, 2.24) is 9.97 Å². The predicted molar refractivity (Wildman–Crippen MR) is 247 cm³/mol. The minimum atomic E-state index is 0.608. The van der Waals surface area contributed by atoms with Gasteiger partial charge in [0.1, 0.15) is 11.0 Å². The first-order chi connectivity index (χ1) is 29.8. The Bertz CT molecular complexity index is 3260. The fraction of sp³-hybridized carbons (Fsp3) is 0. The van der Waals surface area contributed by atoms with Crippen LogP contribution in [-0.2, 0) is 0 Å². The molecule has 60 heavy (non-hydrogen) atoms. The van der Waals surface area contributed by atoms with Gasteiger partial charge in [0, 0.05) is 11.1 Å². The van der Waals surface area contributed by atoms with E-state index in [-0.39, 0.29) is 0 Å². The van der Waals surface area contributed by atoms with E-state index in [1.807, 2.05) is 48.5 Å². The van der Waals surface area contributed by atoms with Crippen LogP contribution in [0, 0.1) is 0 Å². The van der Waals surface area contributed by atoms with E-state index in [1.54, 1.807) is 0 Å². The second kappa shape index (κ2) is 13.8. The van der Waals surface area contributed by atoms with Crippen LogP contribution in [-0.4, -0.2) is 9.97 Å². The lowest BCUT2D eigenvalue weighted by Gasteiger charge is -2.25. The molecule has 10 aromatic carbocycles. The topological polar surface area (TPSA) is 52.1 Å². The molecule has 0 amide bonds. The van der Waals surface area contributed by atoms with Gasteiger partial charge in [0.05, 0.1) is 0 Å². The monoisotopic (exact) mass is 766 g/mol. The van der Waals surface area contributed by atoms with E-state index in [0.717, 1.165) is 55.6 Å². The summed E-state index contributed by atoms with van der Waals surface area (Å²) < 4.78 is 12.5. The zero-order chi connectivity index (χ0) is 39.6. The van der Waals surface area contributed by atoms with Gasteiger partial charge in [0.25, 0.3) is 0 Å². The van der Waals surface area contributed by atoms with E-state index in [1.165, 1.54) is 54.6 Å². The quantitative estimate of drug-likeness (QED) is 0.158. The van der Waals surface area contributed by atoms with Crippen molar-refractivity contribution in [3.8, 4) is 67.4 Å². The zero-order valence-corrected chi connectivity index (χ0v) is 32.3. The van der Waals surface area contributed by atoms with Crippen LogP contribution in [0.2, 0.25) is 0 Å². The summed E-state index contributed by atoms with van der Waals surface area (Å²) in [5, 5.41) is 7.14. The molecule has 0 atom stereocenters. The number of hydrogen-bond acceptors (Lipinski definition) is 4. The highest BCUT2D eigenvalue weighted by Gasteiger charge is 2.26. The third-order valence-electron chi connectivity index (χ3n) is 11.7. The summed E-state index contributed by atoms with van der Waals surface area (Å²) in [5.74, 6) is 1.22. The van der Waals surface area contributed by atoms with Gasteiger partial charge in [0.2, 0.25) is 11.8 Å². The number of oxazole rings is 2. The molecule has 0 radical (unpaired) electrons. The molecule has 0 spiro atoms. The van der Waals surface area contributed by atoms with Crippen molar-refractivity contribution in [2.24, 2.45) is 0 Å². The fourth-order valence-electron chi connectivity index (χ4n) is 9.09. The summed E-state index contributed by atoms with van der Waals surface area (Å²) in [7, 11) is 0. The molecule has 2 heterocycles. The maximum absolute atomic E-state index is 6.23. The highest BCUT2D eigenvalue weighted by atomic mass is 16.4. The Kier molecular flexibility index (Phi) is 7.82. The molecule has 0 saturated carbocycles. The lowest BCUT2D eigenvalue weighted by molar-refractivity contribution is 0.619. The highest BCUT2D eigenvalue weighted by molar-refractivity contribution is 6.33. The Morgan fingerprint density at radius 3 is 0.883 bits per heavy atom. The molecule has 0 aliphatic rings. The molecular formula is C56H34N2O2. The molecule has 0 bridgehead atoms. The highest BCUT2D eigenvalue weighted by Crippen LogP contribution is 2.53. The first-order valence-electron chi connectivity index (χ1n) is 20.2. The SMILES string of the molecule is c1ccc(-c2c3ccccc3c(-c3ccccc3)c3c(-c4ccc(-c5nc6ccccc6o5)cc4)c4ccccc4c(-c4ccc(-c5nc6ccccc6o5)cc4)c23)cc1. The number of para-hydroxylation sites is 4. The van der Waals surface area contributed by atoms with Crippen LogP contribution < -0.4 is 0 Å². The zero-order valence-electron chi connectivity index (χ0n) is 32.3. The Hall–Kier alpha value is -8.08. The molecule has 4 heteroatoms. The fourth-order valence-corrected chi connectivity index (χ4v) is 9.09. The predicted octanol–water partition coefficient (Wildman–Crippen LogP) is 15.4. The molecule has 0 aliphatic heterocycles. The summed E-state index contributed by atoms with van der Waals surface area (Å²) in [6, 6.07) is 72.8. The van der Waals surface area contributed by atoms with Crippen LogP contribution in [0.1, 0.15) is 0 Å². The van der Waals surface area contributed by atoms with Crippen LogP contribution >= 0.6 is 0 Å². The Morgan fingerprint density at radius 2 is 0.533 bits per heavy atom. The van der Waals surface area contributed by atoms with Crippen LogP contribution in [0.4, 0.5) is 0 Å². The van der Waals surface area contributed by atoms with Gasteiger partial charge in [-0.2, -0.15) is 0 Å². The van der Waals surface area contributed by atoms with Gasteiger partial charge in [-0.1, -0.05) is 158 Å². The standard InChI is InChI=1S/C56H34N2O2/c1-3-15-35(16-4-1)49-41-19-7-8-20-42(41)50(36-17-5-2-6-18-36)54-52(38-29-33-40(34-30-38)56-58-46-24-12-14-26-48(46)60-56)44-22-10-9-21-43(44)51(53(49)54)37-27-31-39(32-28-37)55-57-45-23-11-13-25-47(45)59-55/h1-34H. The van der Waals surface area contributed by atoms with E-state index in [2.05, 4.69) is 158 Å². The minimum Gasteiger partial charge on any atom is -0.436 e. The largest absolute Gasteiger partial charge is 0.436 e. The first-order valence-corrected chi connectivity index (χ1v) is 20.2. The van der Waals surface area contributed by atoms with E-state index in [0.29, 0.717) is 11.8 Å². The molecular weight excluding hydrogens is 733 g/mol. The van der Waals surface area contributed by atoms with E-state index in [9.17, 15) is 0 Å². The van der Waals surface area contributed by atoms with E-state index >= 15 is 0 Å². The maximum Gasteiger partial charge on any atom is 0.227 e. The summed E-state index contributed by atoms with van der Waals surface area (Å²) in [4.78, 5) is 9.65. The molecule has 2 aromatic heterocycles. The van der Waals surface area contributed by atoms with Crippen LogP contribution in [0.3, 0.4) is 0 Å². The maximum atomic E-state index is 6.23. The van der Waals surface area contributed by atoms with Crippen molar-refractivity contribution in [3.63, 3.8) is 0 Å².